The van der Waals surface area contributed by atoms with Crippen LogP contribution in [0.25, 0.3) is 27.4 Å². The minimum atomic E-state index is 0.0341. The van der Waals surface area contributed by atoms with Gasteiger partial charge in [-0.3, -0.25) is 0 Å². The highest BCUT2D eigenvalue weighted by molar-refractivity contribution is 6.21. The molecule has 0 bridgehead atoms. The van der Waals surface area contributed by atoms with E-state index in [4.69, 9.17) is 9.98 Å². The van der Waals surface area contributed by atoms with Crippen LogP contribution < -0.4 is 0 Å². The molecule has 0 amide bonds. The summed E-state index contributed by atoms with van der Waals surface area (Å²) in [6.45, 7) is 6.69. The Hall–Kier alpha value is -3.46. The first-order chi connectivity index (χ1) is 13.9. The summed E-state index contributed by atoms with van der Waals surface area (Å²) >= 11 is 0. The second-order valence-corrected chi connectivity index (χ2v) is 8.54. The summed E-state index contributed by atoms with van der Waals surface area (Å²) in [5, 5.41) is 12.2. The SMILES string of the molecule is CC(C)(C)C1=CC(=Nc2cccc3cc4cccc(O)c4nc23)c2ccccc21. The van der Waals surface area contributed by atoms with E-state index in [1.807, 2.05) is 30.3 Å². The van der Waals surface area contributed by atoms with Crippen molar-refractivity contribution in [3.8, 4) is 5.75 Å². The Morgan fingerprint density at radius 3 is 2.24 bits per heavy atom. The van der Waals surface area contributed by atoms with Gasteiger partial charge < -0.3 is 5.11 Å². The standard InChI is InChI=1S/C26H22N2O/c1-26(2,3)20-15-22(19-11-5-4-10-18(19)20)27-21-12-6-8-16-14-17-9-7-13-23(29)25(17)28-24(16)21/h4-15,29H,1-3H3. The minimum absolute atomic E-state index is 0.0341. The van der Waals surface area contributed by atoms with Gasteiger partial charge in [0, 0.05) is 16.3 Å². The Bertz CT molecular complexity index is 1340. The van der Waals surface area contributed by atoms with Gasteiger partial charge in [-0.05, 0) is 40.8 Å². The monoisotopic (exact) mass is 378 g/mol. The molecule has 0 saturated heterocycles. The quantitative estimate of drug-likeness (QED) is 0.377. The Morgan fingerprint density at radius 2 is 1.48 bits per heavy atom. The van der Waals surface area contributed by atoms with Gasteiger partial charge in [0.2, 0.25) is 0 Å². The van der Waals surface area contributed by atoms with E-state index in [2.05, 4.69) is 57.2 Å². The van der Waals surface area contributed by atoms with Crippen molar-refractivity contribution in [2.75, 3.05) is 0 Å². The molecule has 0 aliphatic heterocycles. The number of fused-ring (bicyclic) bond motifs is 3. The number of para-hydroxylation sites is 2. The van der Waals surface area contributed by atoms with E-state index in [0.29, 0.717) is 5.52 Å². The molecule has 1 heterocycles. The second-order valence-electron chi connectivity index (χ2n) is 8.54. The van der Waals surface area contributed by atoms with Gasteiger partial charge in [-0.15, -0.1) is 0 Å². The van der Waals surface area contributed by atoms with Crippen molar-refractivity contribution in [1.29, 1.82) is 0 Å². The van der Waals surface area contributed by atoms with Crippen LogP contribution in [0.3, 0.4) is 0 Å². The van der Waals surface area contributed by atoms with Crippen molar-refractivity contribution in [1.82, 2.24) is 4.98 Å². The van der Waals surface area contributed by atoms with Crippen LogP contribution in [0, 0.1) is 5.41 Å². The van der Waals surface area contributed by atoms with Crippen LogP contribution in [-0.4, -0.2) is 15.8 Å². The summed E-state index contributed by atoms with van der Waals surface area (Å²) < 4.78 is 0. The predicted molar refractivity (Wildman–Crippen MR) is 121 cm³/mol. The topological polar surface area (TPSA) is 45.5 Å². The normalized spacial score (nSPS) is 15.1. The van der Waals surface area contributed by atoms with Gasteiger partial charge in [0.05, 0.1) is 16.9 Å². The number of nitrogens with zero attached hydrogens (tertiary/aromatic N) is 2. The van der Waals surface area contributed by atoms with Crippen molar-refractivity contribution in [2.45, 2.75) is 20.8 Å². The second kappa shape index (κ2) is 6.28. The highest BCUT2D eigenvalue weighted by atomic mass is 16.3. The summed E-state index contributed by atoms with van der Waals surface area (Å²) in [6, 6.07) is 22.0. The first-order valence-corrected chi connectivity index (χ1v) is 9.84. The summed E-state index contributed by atoms with van der Waals surface area (Å²) in [5.41, 5.74) is 6.89. The highest BCUT2D eigenvalue weighted by Crippen LogP contribution is 2.41. The number of rotatable bonds is 1. The van der Waals surface area contributed by atoms with E-state index < -0.39 is 0 Å². The third-order valence-electron chi connectivity index (χ3n) is 5.45. The van der Waals surface area contributed by atoms with E-state index >= 15 is 0 Å². The number of aromatic hydroxyl groups is 1. The fourth-order valence-corrected chi connectivity index (χ4v) is 4.02. The number of pyridine rings is 1. The van der Waals surface area contributed by atoms with Crippen molar-refractivity contribution < 1.29 is 5.11 Å². The van der Waals surface area contributed by atoms with Gasteiger partial charge in [0.1, 0.15) is 11.3 Å². The lowest BCUT2D eigenvalue weighted by Gasteiger charge is -2.21. The molecule has 1 aliphatic rings. The molecule has 0 fully saturated rings. The molecule has 5 rings (SSSR count). The highest BCUT2D eigenvalue weighted by Gasteiger charge is 2.27. The number of hydrogen-bond acceptors (Lipinski definition) is 3. The summed E-state index contributed by atoms with van der Waals surface area (Å²) in [7, 11) is 0. The lowest BCUT2D eigenvalue weighted by molar-refractivity contribution is 0.480. The van der Waals surface area contributed by atoms with E-state index in [1.54, 1.807) is 6.07 Å². The van der Waals surface area contributed by atoms with Gasteiger partial charge in [-0.25, -0.2) is 9.98 Å². The van der Waals surface area contributed by atoms with Crippen molar-refractivity contribution >= 4 is 38.8 Å². The fourth-order valence-electron chi connectivity index (χ4n) is 4.02. The number of phenols is 1. The van der Waals surface area contributed by atoms with Crippen LogP contribution in [0.5, 0.6) is 5.75 Å². The number of aliphatic imine (C=N–C) groups is 1. The van der Waals surface area contributed by atoms with E-state index in [-0.39, 0.29) is 11.2 Å². The summed E-state index contributed by atoms with van der Waals surface area (Å²) in [5.74, 6) is 0.188. The fraction of sp³-hybridized carbons (Fsp3) is 0.154. The molecule has 3 nitrogen and oxygen atoms in total. The minimum Gasteiger partial charge on any atom is -0.506 e. The van der Waals surface area contributed by atoms with Gasteiger partial charge in [0.15, 0.2) is 0 Å². The first kappa shape index (κ1) is 17.6. The van der Waals surface area contributed by atoms with Gasteiger partial charge in [-0.2, -0.15) is 0 Å². The maximum Gasteiger partial charge on any atom is 0.141 e. The average Bonchev–Trinajstić information content (AvgIpc) is 3.07. The molecule has 0 atom stereocenters. The number of benzene rings is 3. The van der Waals surface area contributed by atoms with Crippen LogP contribution in [0.15, 0.2) is 77.8 Å². The zero-order valence-electron chi connectivity index (χ0n) is 16.8. The maximum absolute atomic E-state index is 10.3. The van der Waals surface area contributed by atoms with Gasteiger partial charge in [0.25, 0.3) is 0 Å². The Balaban J connectivity index is 1.75. The van der Waals surface area contributed by atoms with E-state index in [1.165, 1.54) is 11.1 Å². The van der Waals surface area contributed by atoms with Crippen molar-refractivity contribution in [3.63, 3.8) is 0 Å². The molecule has 0 unspecified atom stereocenters. The molecular formula is C26H22N2O. The molecule has 0 saturated carbocycles. The molecule has 3 aromatic carbocycles. The molecule has 0 spiro atoms. The molecular weight excluding hydrogens is 356 g/mol. The molecule has 1 aliphatic carbocycles. The largest absolute Gasteiger partial charge is 0.506 e. The Kier molecular flexibility index (Phi) is 3.82. The number of phenolic OH excluding ortho intramolecular Hbond substituents is 1. The number of allylic oxidation sites excluding steroid dienone is 2. The zero-order valence-corrected chi connectivity index (χ0v) is 16.8. The Labute approximate surface area is 170 Å². The van der Waals surface area contributed by atoms with Crippen LogP contribution in [0.1, 0.15) is 31.9 Å². The molecule has 1 N–H and O–H groups in total. The lowest BCUT2D eigenvalue weighted by Crippen LogP contribution is -2.06. The van der Waals surface area contributed by atoms with Crippen LogP contribution in [0.4, 0.5) is 5.69 Å². The molecule has 0 radical (unpaired) electrons. The first-order valence-electron chi connectivity index (χ1n) is 9.84. The van der Waals surface area contributed by atoms with E-state index in [9.17, 15) is 5.11 Å². The number of hydrogen-bond donors (Lipinski definition) is 1. The van der Waals surface area contributed by atoms with Crippen LogP contribution in [0.2, 0.25) is 0 Å². The molecule has 29 heavy (non-hydrogen) atoms. The maximum atomic E-state index is 10.3. The molecule has 3 heteroatoms. The Morgan fingerprint density at radius 1 is 0.793 bits per heavy atom. The zero-order chi connectivity index (χ0) is 20.2. The smallest absolute Gasteiger partial charge is 0.141 e. The third kappa shape index (κ3) is 2.90. The predicted octanol–water partition coefficient (Wildman–Crippen LogP) is 6.66. The number of aromatic nitrogens is 1. The van der Waals surface area contributed by atoms with Crippen LogP contribution in [-0.2, 0) is 0 Å². The van der Waals surface area contributed by atoms with E-state index in [0.717, 1.165) is 33.3 Å². The average molecular weight is 378 g/mol. The third-order valence-corrected chi connectivity index (χ3v) is 5.45. The van der Waals surface area contributed by atoms with Gasteiger partial charge >= 0.3 is 0 Å². The lowest BCUT2D eigenvalue weighted by atomic mass is 9.83. The molecule has 4 aromatic rings. The van der Waals surface area contributed by atoms with Crippen LogP contribution >= 0.6 is 0 Å². The molecule has 1 aromatic heterocycles. The van der Waals surface area contributed by atoms with Crippen molar-refractivity contribution in [2.24, 2.45) is 10.4 Å². The summed E-state index contributed by atoms with van der Waals surface area (Å²) in [4.78, 5) is 9.79. The van der Waals surface area contributed by atoms with Gasteiger partial charge in [-0.1, -0.05) is 69.3 Å². The van der Waals surface area contributed by atoms with Crippen molar-refractivity contribution in [3.05, 3.63) is 83.9 Å². The summed E-state index contributed by atoms with van der Waals surface area (Å²) in [6.07, 6.45) is 2.20. The molecule has 142 valence electrons.